The Morgan fingerprint density at radius 3 is 2.62 bits per heavy atom. The van der Waals surface area contributed by atoms with Gasteiger partial charge in [0.05, 0.1) is 35.1 Å². The summed E-state index contributed by atoms with van der Waals surface area (Å²) in [5, 5.41) is 4.04. The number of aromatic nitrogens is 1. The topological polar surface area (TPSA) is 99.9 Å². The van der Waals surface area contributed by atoms with E-state index in [4.69, 9.17) is 41.8 Å². The van der Waals surface area contributed by atoms with Crippen LogP contribution in [0.25, 0.3) is 11.0 Å². The summed E-state index contributed by atoms with van der Waals surface area (Å²) in [6.07, 6.45) is 2.83. The third kappa shape index (κ3) is 4.55. The minimum atomic E-state index is -0.657. The second-order valence-electron chi connectivity index (χ2n) is 5.65. The number of carbonyl (C=O) groups excluding carboxylic acids is 1. The lowest BCUT2D eigenvalue weighted by molar-refractivity contribution is -0.145. The Balaban J connectivity index is 2.10. The number of carbonyl (C=O) groups is 1. The molecule has 8 nitrogen and oxygen atoms in total. The molecule has 3 aromatic rings. The highest BCUT2D eigenvalue weighted by atomic mass is 35.5. The molecule has 1 N–H and O–H groups in total. The molecule has 10 heteroatoms. The minimum Gasteiger partial charge on any atom is -0.493 e. The number of hydrogen-bond acceptors (Lipinski definition) is 8. The largest absolute Gasteiger partial charge is 0.493 e. The summed E-state index contributed by atoms with van der Waals surface area (Å²) in [6.45, 7) is 1.51. The maximum Gasteiger partial charge on any atom is 0.344 e. The Labute approximate surface area is 175 Å². The second-order valence-corrected chi connectivity index (χ2v) is 6.46. The van der Waals surface area contributed by atoms with E-state index in [0.717, 1.165) is 0 Å². The van der Waals surface area contributed by atoms with Crippen LogP contribution in [0.3, 0.4) is 0 Å². The molecule has 0 amide bonds. The van der Waals surface area contributed by atoms with Gasteiger partial charge in [0.2, 0.25) is 5.75 Å². The number of fused-ring (bicyclic) bond motifs is 1. The van der Waals surface area contributed by atoms with Crippen molar-refractivity contribution in [2.45, 2.75) is 6.92 Å². The lowest BCUT2D eigenvalue weighted by Gasteiger charge is -2.15. The van der Waals surface area contributed by atoms with E-state index in [1.165, 1.54) is 25.6 Å². The Bertz CT molecular complexity index is 1100. The number of esters is 1. The summed E-state index contributed by atoms with van der Waals surface area (Å²) < 4.78 is 21.0. The molecule has 2 heterocycles. The van der Waals surface area contributed by atoms with Gasteiger partial charge in [-0.1, -0.05) is 23.2 Å². The van der Waals surface area contributed by atoms with Crippen LogP contribution in [0.15, 0.2) is 39.8 Å². The third-order valence-corrected chi connectivity index (χ3v) is 4.38. The van der Waals surface area contributed by atoms with E-state index in [1.807, 2.05) is 0 Å². The van der Waals surface area contributed by atoms with Gasteiger partial charge in [-0.25, -0.2) is 9.59 Å². The van der Waals surface area contributed by atoms with Crippen molar-refractivity contribution in [3.05, 3.63) is 51.1 Å². The van der Waals surface area contributed by atoms with Crippen LogP contribution in [-0.2, 0) is 9.53 Å². The Hall–Kier alpha value is -2.97. The molecule has 3 rings (SSSR count). The zero-order valence-corrected chi connectivity index (χ0v) is 17.0. The van der Waals surface area contributed by atoms with E-state index in [1.54, 1.807) is 19.1 Å². The zero-order chi connectivity index (χ0) is 21.0. The first-order chi connectivity index (χ1) is 13.9. The summed E-state index contributed by atoms with van der Waals surface area (Å²) >= 11 is 12.3. The molecule has 0 unspecified atom stereocenters. The lowest BCUT2D eigenvalue weighted by Crippen LogP contribution is -2.15. The highest BCUT2D eigenvalue weighted by molar-refractivity contribution is 6.39. The molecule has 0 bridgehead atoms. The number of nitrogens with zero attached hydrogens (tertiary/aromatic N) is 1. The zero-order valence-electron chi connectivity index (χ0n) is 15.5. The number of hydrogen-bond donors (Lipinski definition) is 1. The van der Waals surface area contributed by atoms with Gasteiger partial charge in [-0.3, -0.25) is 4.98 Å². The van der Waals surface area contributed by atoms with Crippen LogP contribution in [0.4, 0.5) is 11.4 Å². The van der Waals surface area contributed by atoms with Gasteiger partial charge >= 0.3 is 11.6 Å². The molecule has 0 saturated carbocycles. The number of methoxy groups -OCH3 is 1. The van der Waals surface area contributed by atoms with Gasteiger partial charge < -0.3 is 23.9 Å². The Morgan fingerprint density at radius 1 is 1.24 bits per heavy atom. The van der Waals surface area contributed by atoms with Gasteiger partial charge in [-0.15, -0.1) is 0 Å². The summed E-state index contributed by atoms with van der Waals surface area (Å²) in [6, 6.07) is 4.53. The SMILES string of the molecule is CCOC(=O)COc1c(OC)ccc2c(Nc3c(Cl)cncc3Cl)cc(=O)oc12. The maximum absolute atomic E-state index is 12.2. The van der Waals surface area contributed by atoms with Gasteiger partial charge in [-0.2, -0.15) is 0 Å². The van der Waals surface area contributed by atoms with Crippen molar-refractivity contribution < 1.29 is 23.4 Å². The van der Waals surface area contributed by atoms with E-state index in [-0.39, 0.29) is 40.3 Å². The molecule has 0 aliphatic heterocycles. The fourth-order valence-electron chi connectivity index (χ4n) is 2.58. The number of anilines is 2. The van der Waals surface area contributed by atoms with Crippen molar-refractivity contribution >= 4 is 51.5 Å². The minimum absolute atomic E-state index is 0.0879. The molecule has 29 heavy (non-hydrogen) atoms. The number of halogens is 2. The molecule has 0 aliphatic carbocycles. The standard InChI is InChI=1S/C19H16Cl2N2O6/c1-3-27-16(25)9-28-19-14(26-2)5-4-10-13(6-15(24)29-18(10)19)23-17-11(20)7-22-8-12(17)21/h4-8H,3,9H2,1-2H3,(H,22,23). The fourth-order valence-corrected chi connectivity index (χ4v) is 3.04. The molecule has 0 atom stereocenters. The van der Waals surface area contributed by atoms with Crippen molar-refractivity contribution in [1.29, 1.82) is 0 Å². The summed E-state index contributed by atoms with van der Waals surface area (Å²) in [5.41, 5.74) is 0.176. The molecule has 1 aromatic carbocycles. The van der Waals surface area contributed by atoms with Gasteiger partial charge in [0.25, 0.3) is 0 Å². The number of nitrogens with one attached hydrogen (secondary N) is 1. The van der Waals surface area contributed by atoms with E-state index < -0.39 is 11.6 Å². The molecular formula is C19H16Cl2N2O6. The first kappa shape index (κ1) is 20.8. The van der Waals surface area contributed by atoms with Crippen molar-refractivity contribution in [1.82, 2.24) is 4.98 Å². The number of ether oxygens (including phenoxy) is 3. The average Bonchev–Trinajstić information content (AvgIpc) is 2.69. The van der Waals surface area contributed by atoms with Gasteiger partial charge in [0.15, 0.2) is 17.9 Å². The van der Waals surface area contributed by atoms with E-state index in [9.17, 15) is 9.59 Å². The third-order valence-electron chi connectivity index (χ3n) is 3.80. The maximum atomic E-state index is 12.2. The number of rotatable bonds is 7. The fraction of sp³-hybridized carbons (Fsp3) is 0.211. The van der Waals surface area contributed by atoms with Crippen LogP contribution in [0.2, 0.25) is 10.0 Å². The van der Waals surface area contributed by atoms with Crippen LogP contribution in [-0.4, -0.2) is 31.3 Å². The molecule has 0 spiro atoms. The summed E-state index contributed by atoms with van der Waals surface area (Å²) in [7, 11) is 1.43. The van der Waals surface area contributed by atoms with Crippen LogP contribution in [0.1, 0.15) is 6.92 Å². The predicted octanol–water partition coefficient (Wildman–Crippen LogP) is 4.19. The first-order valence-corrected chi connectivity index (χ1v) is 9.19. The molecule has 0 aliphatic rings. The quantitative estimate of drug-likeness (QED) is 0.432. The van der Waals surface area contributed by atoms with Gasteiger partial charge in [0.1, 0.15) is 0 Å². The van der Waals surface area contributed by atoms with Crippen molar-refractivity contribution in [3.8, 4) is 11.5 Å². The number of pyridine rings is 1. The van der Waals surface area contributed by atoms with E-state index >= 15 is 0 Å². The van der Waals surface area contributed by atoms with E-state index in [0.29, 0.717) is 16.8 Å². The normalized spacial score (nSPS) is 10.6. The van der Waals surface area contributed by atoms with Crippen LogP contribution in [0.5, 0.6) is 11.5 Å². The Kier molecular flexibility index (Phi) is 6.46. The molecule has 0 saturated heterocycles. The highest BCUT2D eigenvalue weighted by Crippen LogP contribution is 2.39. The Morgan fingerprint density at radius 2 is 1.97 bits per heavy atom. The van der Waals surface area contributed by atoms with E-state index in [2.05, 4.69) is 10.3 Å². The number of benzene rings is 1. The molecule has 0 fully saturated rings. The average molecular weight is 439 g/mol. The van der Waals surface area contributed by atoms with Crippen LogP contribution < -0.4 is 20.4 Å². The molecule has 0 radical (unpaired) electrons. The predicted molar refractivity (Wildman–Crippen MR) is 109 cm³/mol. The van der Waals surface area contributed by atoms with Crippen molar-refractivity contribution in [3.63, 3.8) is 0 Å². The van der Waals surface area contributed by atoms with Crippen LogP contribution in [0, 0.1) is 0 Å². The molecular weight excluding hydrogens is 423 g/mol. The summed E-state index contributed by atoms with van der Waals surface area (Å²) in [5.74, 6) is -0.202. The molecule has 2 aromatic heterocycles. The van der Waals surface area contributed by atoms with Gasteiger partial charge in [-0.05, 0) is 19.1 Å². The summed E-state index contributed by atoms with van der Waals surface area (Å²) in [4.78, 5) is 27.8. The second kappa shape index (κ2) is 9.02. The monoisotopic (exact) mass is 438 g/mol. The lowest BCUT2D eigenvalue weighted by atomic mass is 10.1. The first-order valence-electron chi connectivity index (χ1n) is 8.43. The van der Waals surface area contributed by atoms with Crippen LogP contribution >= 0.6 is 23.2 Å². The van der Waals surface area contributed by atoms with Crippen molar-refractivity contribution in [2.75, 3.05) is 25.6 Å². The highest BCUT2D eigenvalue weighted by Gasteiger charge is 2.18. The molecule has 152 valence electrons. The van der Waals surface area contributed by atoms with Gasteiger partial charge in [0, 0.05) is 23.8 Å². The van der Waals surface area contributed by atoms with Crippen molar-refractivity contribution in [2.24, 2.45) is 0 Å². The smallest absolute Gasteiger partial charge is 0.344 e.